The van der Waals surface area contributed by atoms with E-state index in [1.165, 1.54) is 11.3 Å². The SMILES string of the molecule is Cc1cc(-c2ccccc2)c(C(N)=O)s1. The molecule has 0 unspecified atom stereocenters. The first-order chi connectivity index (χ1) is 7.18. The number of hydrogen-bond donors (Lipinski definition) is 1. The lowest BCUT2D eigenvalue weighted by molar-refractivity contribution is 0.100. The highest BCUT2D eigenvalue weighted by Crippen LogP contribution is 2.30. The predicted molar refractivity (Wildman–Crippen MR) is 63.0 cm³/mol. The number of carbonyl (C=O) groups is 1. The number of aryl methyl sites for hydroxylation is 1. The molecule has 3 heteroatoms. The van der Waals surface area contributed by atoms with Crippen LogP contribution in [-0.2, 0) is 0 Å². The van der Waals surface area contributed by atoms with Crippen LogP contribution in [0, 0.1) is 6.92 Å². The van der Waals surface area contributed by atoms with Gasteiger partial charge in [0.05, 0.1) is 4.88 Å². The van der Waals surface area contributed by atoms with Gasteiger partial charge in [0.25, 0.3) is 5.91 Å². The highest BCUT2D eigenvalue weighted by Gasteiger charge is 2.12. The van der Waals surface area contributed by atoms with Gasteiger partial charge in [-0.05, 0) is 18.6 Å². The molecule has 1 heterocycles. The minimum absolute atomic E-state index is 0.355. The summed E-state index contributed by atoms with van der Waals surface area (Å²) in [4.78, 5) is 13.0. The Morgan fingerprint density at radius 2 is 1.93 bits per heavy atom. The van der Waals surface area contributed by atoms with Crippen LogP contribution in [0.3, 0.4) is 0 Å². The highest BCUT2D eigenvalue weighted by atomic mass is 32.1. The summed E-state index contributed by atoms with van der Waals surface area (Å²) in [5.41, 5.74) is 7.31. The van der Waals surface area contributed by atoms with Gasteiger partial charge in [-0.2, -0.15) is 0 Å². The quantitative estimate of drug-likeness (QED) is 0.825. The number of carbonyl (C=O) groups excluding carboxylic acids is 1. The van der Waals surface area contributed by atoms with E-state index in [0.29, 0.717) is 4.88 Å². The topological polar surface area (TPSA) is 43.1 Å². The van der Waals surface area contributed by atoms with E-state index >= 15 is 0 Å². The third kappa shape index (κ3) is 1.92. The summed E-state index contributed by atoms with van der Waals surface area (Å²) in [6.45, 7) is 1.98. The third-order valence-electron chi connectivity index (χ3n) is 2.16. The summed E-state index contributed by atoms with van der Waals surface area (Å²) in [5.74, 6) is -0.355. The van der Waals surface area contributed by atoms with Crippen molar-refractivity contribution in [2.24, 2.45) is 5.73 Å². The van der Waals surface area contributed by atoms with Crippen molar-refractivity contribution in [3.05, 3.63) is 46.2 Å². The van der Waals surface area contributed by atoms with E-state index in [-0.39, 0.29) is 5.91 Å². The number of benzene rings is 1. The zero-order valence-electron chi connectivity index (χ0n) is 8.36. The van der Waals surface area contributed by atoms with Crippen LogP contribution in [-0.4, -0.2) is 5.91 Å². The largest absolute Gasteiger partial charge is 0.365 e. The van der Waals surface area contributed by atoms with Gasteiger partial charge in [0.15, 0.2) is 0 Å². The average Bonchev–Trinajstić information content (AvgIpc) is 2.62. The van der Waals surface area contributed by atoms with Crippen LogP contribution in [0.25, 0.3) is 11.1 Å². The number of primary amides is 1. The van der Waals surface area contributed by atoms with Crippen LogP contribution in [0.5, 0.6) is 0 Å². The van der Waals surface area contributed by atoms with Gasteiger partial charge in [-0.15, -0.1) is 11.3 Å². The van der Waals surface area contributed by atoms with E-state index in [1.54, 1.807) is 0 Å². The van der Waals surface area contributed by atoms with Crippen molar-refractivity contribution in [3.8, 4) is 11.1 Å². The second-order valence-electron chi connectivity index (χ2n) is 3.33. The summed E-state index contributed by atoms with van der Waals surface area (Å²) in [6, 6.07) is 11.8. The Balaban J connectivity index is 2.58. The van der Waals surface area contributed by atoms with Gasteiger partial charge in [-0.25, -0.2) is 0 Å². The first-order valence-electron chi connectivity index (χ1n) is 4.64. The van der Waals surface area contributed by atoms with Crippen molar-refractivity contribution >= 4 is 17.2 Å². The Labute approximate surface area is 92.4 Å². The van der Waals surface area contributed by atoms with E-state index in [9.17, 15) is 4.79 Å². The first-order valence-corrected chi connectivity index (χ1v) is 5.46. The molecule has 0 fully saturated rings. The monoisotopic (exact) mass is 217 g/mol. The lowest BCUT2D eigenvalue weighted by Crippen LogP contribution is -2.09. The van der Waals surface area contributed by atoms with Crippen LogP contribution in [0.2, 0.25) is 0 Å². The average molecular weight is 217 g/mol. The fourth-order valence-electron chi connectivity index (χ4n) is 1.53. The van der Waals surface area contributed by atoms with Gasteiger partial charge in [-0.1, -0.05) is 30.3 Å². The Morgan fingerprint density at radius 3 is 2.53 bits per heavy atom. The second-order valence-corrected chi connectivity index (χ2v) is 4.59. The number of thiophene rings is 1. The molecule has 15 heavy (non-hydrogen) atoms. The van der Waals surface area contributed by atoms with E-state index in [1.807, 2.05) is 43.3 Å². The normalized spacial score (nSPS) is 10.2. The summed E-state index contributed by atoms with van der Waals surface area (Å²) in [7, 11) is 0. The molecule has 76 valence electrons. The molecule has 0 aliphatic rings. The van der Waals surface area contributed by atoms with E-state index in [0.717, 1.165) is 16.0 Å². The molecular formula is C12H11NOS. The molecule has 2 aromatic rings. The molecule has 2 rings (SSSR count). The standard InChI is InChI=1S/C12H11NOS/c1-8-7-10(11(15-8)12(13)14)9-5-3-2-4-6-9/h2-7H,1H3,(H2,13,14). The van der Waals surface area contributed by atoms with Gasteiger partial charge >= 0.3 is 0 Å². The van der Waals surface area contributed by atoms with Gasteiger partial charge < -0.3 is 5.73 Å². The maximum absolute atomic E-state index is 11.2. The van der Waals surface area contributed by atoms with Crippen LogP contribution in [0.1, 0.15) is 14.5 Å². The van der Waals surface area contributed by atoms with Crippen molar-refractivity contribution in [2.45, 2.75) is 6.92 Å². The molecule has 0 aliphatic heterocycles. The molecule has 0 radical (unpaired) electrons. The van der Waals surface area contributed by atoms with Crippen LogP contribution in [0.4, 0.5) is 0 Å². The summed E-state index contributed by atoms with van der Waals surface area (Å²) < 4.78 is 0. The lowest BCUT2D eigenvalue weighted by atomic mass is 10.1. The molecule has 1 aromatic heterocycles. The molecule has 0 saturated heterocycles. The van der Waals surface area contributed by atoms with Gasteiger partial charge in [0.1, 0.15) is 0 Å². The summed E-state index contributed by atoms with van der Waals surface area (Å²) >= 11 is 1.44. The van der Waals surface area contributed by atoms with Crippen molar-refractivity contribution < 1.29 is 4.79 Å². The van der Waals surface area contributed by atoms with Crippen LogP contribution in [0.15, 0.2) is 36.4 Å². The maximum atomic E-state index is 11.2. The molecule has 0 aliphatic carbocycles. The predicted octanol–water partition coefficient (Wildman–Crippen LogP) is 2.82. The lowest BCUT2D eigenvalue weighted by Gasteiger charge is -1.99. The zero-order valence-corrected chi connectivity index (χ0v) is 9.17. The van der Waals surface area contributed by atoms with E-state index in [4.69, 9.17) is 5.73 Å². The molecule has 1 amide bonds. The van der Waals surface area contributed by atoms with E-state index < -0.39 is 0 Å². The minimum atomic E-state index is -0.355. The van der Waals surface area contributed by atoms with E-state index in [2.05, 4.69) is 0 Å². The van der Waals surface area contributed by atoms with Crippen molar-refractivity contribution in [2.75, 3.05) is 0 Å². The molecule has 2 N–H and O–H groups in total. The smallest absolute Gasteiger partial charge is 0.259 e. The molecule has 0 spiro atoms. The highest BCUT2D eigenvalue weighted by molar-refractivity contribution is 7.14. The molecule has 0 saturated carbocycles. The van der Waals surface area contributed by atoms with Crippen molar-refractivity contribution in [3.63, 3.8) is 0 Å². The fourth-order valence-corrected chi connectivity index (χ4v) is 2.42. The number of rotatable bonds is 2. The molecule has 0 bridgehead atoms. The molecular weight excluding hydrogens is 206 g/mol. The summed E-state index contributed by atoms with van der Waals surface area (Å²) in [5, 5.41) is 0. The fraction of sp³-hybridized carbons (Fsp3) is 0.0833. The first kappa shape index (κ1) is 9.93. The minimum Gasteiger partial charge on any atom is -0.365 e. The van der Waals surface area contributed by atoms with Gasteiger partial charge in [0, 0.05) is 10.4 Å². The van der Waals surface area contributed by atoms with Crippen molar-refractivity contribution in [1.29, 1.82) is 0 Å². The zero-order chi connectivity index (χ0) is 10.8. The Morgan fingerprint density at radius 1 is 1.27 bits per heavy atom. The molecule has 2 nitrogen and oxygen atoms in total. The van der Waals surface area contributed by atoms with Crippen LogP contribution >= 0.6 is 11.3 Å². The van der Waals surface area contributed by atoms with Crippen molar-refractivity contribution in [1.82, 2.24) is 0 Å². The number of hydrogen-bond acceptors (Lipinski definition) is 2. The van der Waals surface area contributed by atoms with Crippen LogP contribution < -0.4 is 5.73 Å². The molecule has 0 atom stereocenters. The summed E-state index contributed by atoms with van der Waals surface area (Å²) in [6.07, 6.45) is 0. The molecule has 1 aromatic carbocycles. The Kier molecular flexibility index (Phi) is 2.56. The third-order valence-corrected chi connectivity index (χ3v) is 3.23. The Hall–Kier alpha value is -1.61. The number of nitrogens with two attached hydrogens (primary N) is 1. The Bertz CT molecular complexity index is 488. The maximum Gasteiger partial charge on any atom is 0.259 e. The number of amides is 1. The second kappa shape index (κ2) is 3.87. The van der Waals surface area contributed by atoms with Gasteiger partial charge in [0.2, 0.25) is 0 Å². The van der Waals surface area contributed by atoms with Gasteiger partial charge in [-0.3, -0.25) is 4.79 Å².